The third-order valence-electron chi connectivity index (χ3n) is 6.04. The Hall–Kier alpha value is -3.72. The van der Waals surface area contributed by atoms with Crippen LogP contribution in [0.15, 0.2) is 48.9 Å². The summed E-state index contributed by atoms with van der Waals surface area (Å²) in [7, 11) is 0. The Morgan fingerprint density at radius 1 is 1.29 bits per heavy atom. The van der Waals surface area contributed by atoms with E-state index in [0.717, 1.165) is 30.0 Å². The standard InChI is InChI=1S/C25H24ClFN6O2/c1-15-4-6-18(7-5-15)35-25(34)33-8-2-3-16(14-33)10-28-24-21(27)13-31-23(32-24)20-12-30-22-19(20)9-17(26)11-29-22/h4-7,9,11-13,16H,2-3,8,10,14H2,1H3,(H,29,30)(H,28,31,32). The highest BCUT2D eigenvalue weighted by atomic mass is 35.5. The third-order valence-corrected chi connectivity index (χ3v) is 6.25. The van der Waals surface area contributed by atoms with Crippen molar-refractivity contribution in [2.45, 2.75) is 19.8 Å². The summed E-state index contributed by atoms with van der Waals surface area (Å²) >= 11 is 6.09. The molecule has 4 heterocycles. The van der Waals surface area contributed by atoms with Crippen molar-refractivity contribution in [1.29, 1.82) is 0 Å². The van der Waals surface area contributed by atoms with Gasteiger partial charge in [-0.1, -0.05) is 29.3 Å². The van der Waals surface area contributed by atoms with Crippen LogP contribution >= 0.6 is 11.6 Å². The van der Waals surface area contributed by atoms with Crippen molar-refractivity contribution in [3.05, 3.63) is 65.3 Å². The molecule has 180 valence electrons. The lowest BCUT2D eigenvalue weighted by Gasteiger charge is -2.32. The van der Waals surface area contributed by atoms with Crippen molar-refractivity contribution >= 4 is 34.5 Å². The van der Waals surface area contributed by atoms with Gasteiger partial charge in [0.05, 0.1) is 11.2 Å². The normalized spacial score (nSPS) is 15.9. The number of halogens is 2. The molecule has 0 radical (unpaired) electrons. The largest absolute Gasteiger partial charge is 0.415 e. The van der Waals surface area contributed by atoms with Gasteiger partial charge in [0, 0.05) is 43.0 Å². The van der Waals surface area contributed by atoms with E-state index in [2.05, 4.69) is 25.3 Å². The Kier molecular flexibility index (Phi) is 6.50. The Bertz CT molecular complexity index is 1360. The number of amides is 1. The van der Waals surface area contributed by atoms with Crippen LogP contribution in [0.2, 0.25) is 5.02 Å². The van der Waals surface area contributed by atoms with E-state index in [1.165, 1.54) is 0 Å². The monoisotopic (exact) mass is 494 g/mol. The van der Waals surface area contributed by atoms with Crippen molar-refractivity contribution in [2.24, 2.45) is 5.92 Å². The van der Waals surface area contributed by atoms with E-state index in [-0.39, 0.29) is 17.8 Å². The van der Waals surface area contributed by atoms with Crippen molar-refractivity contribution < 1.29 is 13.9 Å². The summed E-state index contributed by atoms with van der Waals surface area (Å²) in [5, 5.41) is 4.35. The van der Waals surface area contributed by atoms with Gasteiger partial charge in [-0.25, -0.2) is 24.1 Å². The van der Waals surface area contributed by atoms with Crippen LogP contribution < -0.4 is 10.1 Å². The fourth-order valence-electron chi connectivity index (χ4n) is 4.19. The van der Waals surface area contributed by atoms with Crippen LogP contribution in [0.4, 0.5) is 15.0 Å². The first-order valence-corrected chi connectivity index (χ1v) is 11.8. The Labute approximate surface area is 206 Å². The number of nitrogens with zero attached hydrogens (tertiary/aromatic N) is 4. The van der Waals surface area contributed by atoms with Gasteiger partial charge in [0.25, 0.3) is 0 Å². The fraction of sp³-hybridized carbons (Fsp3) is 0.280. The second-order valence-electron chi connectivity index (χ2n) is 8.66. The molecule has 1 amide bonds. The van der Waals surface area contributed by atoms with E-state index in [4.69, 9.17) is 16.3 Å². The van der Waals surface area contributed by atoms with Crippen LogP contribution in [0.5, 0.6) is 5.75 Å². The molecule has 1 fully saturated rings. The molecular formula is C25H24ClFN6O2. The maximum absolute atomic E-state index is 14.5. The highest BCUT2D eigenvalue weighted by Crippen LogP contribution is 2.28. The van der Waals surface area contributed by atoms with E-state index in [0.29, 0.717) is 47.4 Å². The number of benzene rings is 1. The predicted molar refractivity (Wildman–Crippen MR) is 132 cm³/mol. The average molecular weight is 495 g/mol. The first-order valence-electron chi connectivity index (χ1n) is 11.4. The number of piperidine rings is 1. The highest BCUT2D eigenvalue weighted by Gasteiger charge is 2.25. The molecule has 3 aromatic heterocycles. The minimum atomic E-state index is -0.545. The van der Waals surface area contributed by atoms with Crippen LogP contribution in [-0.4, -0.2) is 50.6 Å². The minimum absolute atomic E-state index is 0.110. The van der Waals surface area contributed by atoms with Crippen LogP contribution in [0, 0.1) is 18.7 Å². The lowest BCUT2D eigenvalue weighted by molar-refractivity contribution is 0.128. The molecule has 1 aromatic carbocycles. The third kappa shape index (κ3) is 5.19. The predicted octanol–water partition coefficient (Wildman–Crippen LogP) is 5.44. The summed E-state index contributed by atoms with van der Waals surface area (Å²) in [6, 6.07) is 9.13. The number of hydrogen-bond donors (Lipinski definition) is 2. The maximum Gasteiger partial charge on any atom is 0.415 e. The SMILES string of the molecule is Cc1ccc(OC(=O)N2CCCC(CNc3nc(-c4c[nH]c5ncc(Cl)cc45)ncc3F)C2)cc1. The molecular weight excluding hydrogens is 471 g/mol. The molecule has 4 aromatic rings. The first-order chi connectivity index (χ1) is 17.0. The number of pyridine rings is 1. The van der Waals surface area contributed by atoms with Crippen molar-refractivity contribution in [2.75, 3.05) is 25.0 Å². The summed E-state index contributed by atoms with van der Waals surface area (Å²) in [4.78, 5) is 30.2. The number of ether oxygens (including phenoxy) is 1. The molecule has 1 aliphatic heterocycles. The molecule has 1 saturated heterocycles. The van der Waals surface area contributed by atoms with E-state index in [1.54, 1.807) is 35.5 Å². The van der Waals surface area contributed by atoms with Crippen molar-refractivity contribution in [3.63, 3.8) is 0 Å². The zero-order chi connectivity index (χ0) is 24.4. The molecule has 1 aliphatic rings. The van der Waals surface area contributed by atoms with Gasteiger partial charge in [0.15, 0.2) is 17.5 Å². The molecule has 0 bridgehead atoms. The first kappa shape index (κ1) is 23.0. The molecule has 8 nitrogen and oxygen atoms in total. The number of aryl methyl sites for hydroxylation is 1. The quantitative estimate of drug-likeness (QED) is 0.383. The van der Waals surface area contributed by atoms with Crippen molar-refractivity contribution in [1.82, 2.24) is 24.8 Å². The number of hydrogen-bond acceptors (Lipinski definition) is 6. The second-order valence-corrected chi connectivity index (χ2v) is 9.09. The van der Waals surface area contributed by atoms with E-state index in [1.807, 2.05) is 19.1 Å². The number of anilines is 1. The lowest BCUT2D eigenvalue weighted by Crippen LogP contribution is -2.43. The Balaban J connectivity index is 1.24. The molecule has 1 unspecified atom stereocenters. The average Bonchev–Trinajstić information content (AvgIpc) is 3.28. The van der Waals surface area contributed by atoms with Gasteiger partial charge in [0.1, 0.15) is 11.4 Å². The van der Waals surface area contributed by atoms with Crippen LogP contribution in [0.25, 0.3) is 22.4 Å². The number of carbonyl (C=O) groups excluding carboxylic acids is 1. The van der Waals surface area contributed by atoms with E-state index >= 15 is 0 Å². The summed E-state index contributed by atoms with van der Waals surface area (Å²) in [6.07, 6.45) is 5.80. The van der Waals surface area contributed by atoms with E-state index in [9.17, 15) is 9.18 Å². The lowest BCUT2D eigenvalue weighted by atomic mass is 9.98. The van der Waals surface area contributed by atoms with Gasteiger partial charge in [-0.2, -0.15) is 0 Å². The van der Waals surface area contributed by atoms with Gasteiger partial charge in [-0.3, -0.25) is 0 Å². The number of rotatable bonds is 5. The minimum Gasteiger partial charge on any atom is -0.410 e. The van der Waals surface area contributed by atoms with Gasteiger partial charge < -0.3 is 19.9 Å². The zero-order valence-electron chi connectivity index (χ0n) is 19.1. The number of carbonyl (C=O) groups is 1. The fourth-order valence-corrected chi connectivity index (χ4v) is 4.35. The molecule has 5 rings (SSSR count). The number of aromatic amines is 1. The van der Waals surface area contributed by atoms with Gasteiger partial charge in [0.2, 0.25) is 0 Å². The number of aromatic nitrogens is 4. The van der Waals surface area contributed by atoms with Crippen LogP contribution in [0.3, 0.4) is 0 Å². The smallest absolute Gasteiger partial charge is 0.410 e. The van der Waals surface area contributed by atoms with Crippen LogP contribution in [0.1, 0.15) is 18.4 Å². The van der Waals surface area contributed by atoms with E-state index < -0.39 is 5.82 Å². The molecule has 10 heteroatoms. The number of nitrogens with one attached hydrogen (secondary N) is 2. The number of H-pyrrole nitrogens is 1. The number of fused-ring (bicyclic) bond motifs is 1. The van der Waals surface area contributed by atoms with Crippen LogP contribution in [-0.2, 0) is 0 Å². The zero-order valence-corrected chi connectivity index (χ0v) is 19.8. The molecule has 1 atom stereocenters. The molecule has 2 N–H and O–H groups in total. The second kappa shape index (κ2) is 9.87. The molecule has 35 heavy (non-hydrogen) atoms. The Morgan fingerprint density at radius 3 is 2.94 bits per heavy atom. The van der Waals surface area contributed by atoms with Gasteiger partial charge >= 0.3 is 6.09 Å². The summed E-state index contributed by atoms with van der Waals surface area (Å²) in [6.45, 7) is 3.59. The molecule has 0 aliphatic carbocycles. The highest BCUT2D eigenvalue weighted by molar-refractivity contribution is 6.31. The summed E-state index contributed by atoms with van der Waals surface area (Å²) < 4.78 is 20.0. The maximum atomic E-state index is 14.5. The van der Waals surface area contributed by atoms with Gasteiger partial charge in [-0.05, 0) is 43.9 Å². The summed E-state index contributed by atoms with van der Waals surface area (Å²) in [5.74, 6) is 0.569. The summed E-state index contributed by atoms with van der Waals surface area (Å²) in [5.41, 5.74) is 2.42. The number of likely N-dealkylation sites (tertiary alicyclic amines) is 1. The topological polar surface area (TPSA) is 96.0 Å². The molecule has 0 saturated carbocycles. The van der Waals surface area contributed by atoms with Crippen molar-refractivity contribution in [3.8, 4) is 17.1 Å². The van der Waals surface area contributed by atoms with Gasteiger partial charge in [-0.15, -0.1) is 0 Å². The Morgan fingerprint density at radius 2 is 2.11 bits per heavy atom. The molecule has 0 spiro atoms.